The molecule has 1 aliphatic carbocycles. The molecule has 0 saturated heterocycles. The minimum atomic E-state index is 0. The minimum absolute atomic E-state index is 0. The number of benzene rings is 1. The van der Waals surface area contributed by atoms with Gasteiger partial charge in [0.1, 0.15) is 30.4 Å². The fraction of sp³-hybridized carbons (Fsp3) is 0.500. The van der Waals surface area contributed by atoms with Crippen LogP contribution in [0.4, 0.5) is 0 Å². The van der Waals surface area contributed by atoms with E-state index in [-0.39, 0.29) is 17.0 Å². The molecule has 126 valence electrons. The van der Waals surface area contributed by atoms with Gasteiger partial charge in [0.2, 0.25) is 0 Å². The molecule has 1 heterocycles. The van der Waals surface area contributed by atoms with E-state index in [1.807, 2.05) is 6.07 Å². The number of aromatic nitrogens is 2. The van der Waals surface area contributed by atoms with Crippen molar-refractivity contribution in [1.29, 1.82) is 0 Å². The number of imidazole rings is 1. The van der Waals surface area contributed by atoms with E-state index < -0.39 is 0 Å². The van der Waals surface area contributed by atoms with Gasteiger partial charge in [0.15, 0.2) is 0 Å². The number of nitrogens with zero attached hydrogens (tertiary/aromatic N) is 2. The number of ether oxygens (including phenoxy) is 2. The predicted octanol–water partition coefficient (Wildman–Crippen LogP) is 0.133. The summed E-state index contributed by atoms with van der Waals surface area (Å²) in [5.41, 5.74) is 1.21. The standard InChI is InChI=1S/C18H25N2O2.BrH/c1-4-7-19-8-9-20(18(19)15-5-6-15)13-14-10-16(21-2)12-17(11-14)22-3;/h8-12,15H,4-7,13H2,1-3H3;1H/q+1;/p-1. The number of rotatable bonds is 7. The molecule has 1 aliphatic rings. The van der Waals surface area contributed by atoms with Crippen molar-refractivity contribution in [3.05, 3.63) is 42.0 Å². The van der Waals surface area contributed by atoms with Crippen molar-refractivity contribution in [3.8, 4) is 11.5 Å². The monoisotopic (exact) mass is 380 g/mol. The molecular formula is C18H25BrN2O2. The number of aryl methyl sites for hydroxylation is 1. The number of hydrogen-bond acceptors (Lipinski definition) is 2. The second-order valence-electron chi connectivity index (χ2n) is 5.97. The van der Waals surface area contributed by atoms with E-state index in [0.29, 0.717) is 0 Å². The Labute approximate surface area is 148 Å². The van der Waals surface area contributed by atoms with Crippen LogP contribution in [0.15, 0.2) is 30.6 Å². The van der Waals surface area contributed by atoms with E-state index in [1.54, 1.807) is 14.2 Å². The lowest BCUT2D eigenvalue weighted by Crippen LogP contribution is -3.00. The highest BCUT2D eigenvalue weighted by Crippen LogP contribution is 2.38. The Hall–Kier alpha value is -1.49. The Kier molecular flexibility index (Phi) is 6.10. The molecule has 1 aromatic carbocycles. The molecule has 0 radical (unpaired) electrons. The molecule has 23 heavy (non-hydrogen) atoms. The van der Waals surface area contributed by atoms with Gasteiger partial charge in [0.05, 0.1) is 26.7 Å². The first-order valence-electron chi connectivity index (χ1n) is 8.05. The van der Waals surface area contributed by atoms with Gasteiger partial charge in [0.25, 0.3) is 5.82 Å². The van der Waals surface area contributed by atoms with Gasteiger partial charge in [-0.25, -0.2) is 9.13 Å². The van der Waals surface area contributed by atoms with Gasteiger partial charge in [-0.2, -0.15) is 0 Å². The molecule has 0 bridgehead atoms. The van der Waals surface area contributed by atoms with Gasteiger partial charge in [-0.3, -0.25) is 0 Å². The third kappa shape index (κ3) is 4.08. The van der Waals surface area contributed by atoms with E-state index in [0.717, 1.165) is 30.5 Å². The first-order valence-corrected chi connectivity index (χ1v) is 8.05. The van der Waals surface area contributed by atoms with Gasteiger partial charge in [-0.15, -0.1) is 0 Å². The van der Waals surface area contributed by atoms with Crippen LogP contribution in [0, 0.1) is 0 Å². The molecule has 0 unspecified atom stereocenters. The zero-order valence-electron chi connectivity index (χ0n) is 14.1. The van der Waals surface area contributed by atoms with Crippen LogP contribution in [0.2, 0.25) is 0 Å². The van der Waals surface area contributed by atoms with E-state index in [2.05, 4.69) is 40.6 Å². The van der Waals surface area contributed by atoms with Crippen molar-refractivity contribution in [2.24, 2.45) is 0 Å². The molecule has 0 amide bonds. The van der Waals surface area contributed by atoms with Crippen LogP contribution >= 0.6 is 0 Å². The average molecular weight is 381 g/mol. The molecule has 0 aliphatic heterocycles. The maximum Gasteiger partial charge on any atom is 0.259 e. The smallest absolute Gasteiger partial charge is 0.259 e. The van der Waals surface area contributed by atoms with Gasteiger partial charge >= 0.3 is 0 Å². The Bertz CT molecular complexity index is 628. The van der Waals surface area contributed by atoms with Crippen LogP contribution in [0.1, 0.15) is 43.5 Å². The lowest BCUT2D eigenvalue weighted by atomic mass is 10.2. The summed E-state index contributed by atoms with van der Waals surface area (Å²) in [5, 5.41) is 0. The minimum Gasteiger partial charge on any atom is -1.00 e. The molecule has 5 heteroatoms. The van der Waals surface area contributed by atoms with Crippen LogP contribution in [-0.4, -0.2) is 18.8 Å². The highest BCUT2D eigenvalue weighted by molar-refractivity contribution is 5.38. The molecule has 0 spiro atoms. The summed E-state index contributed by atoms with van der Waals surface area (Å²) >= 11 is 0. The maximum absolute atomic E-state index is 5.37. The molecule has 4 nitrogen and oxygen atoms in total. The van der Waals surface area contributed by atoms with Gasteiger partial charge in [-0.1, -0.05) is 6.92 Å². The number of halogens is 1. The highest BCUT2D eigenvalue weighted by atomic mass is 79.9. The van der Waals surface area contributed by atoms with E-state index in [9.17, 15) is 0 Å². The van der Waals surface area contributed by atoms with Crippen molar-refractivity contribution in [2.75, 3.05) is 14.2 Å². The summed E-state index contributed by atoms with van der Waals surface area (Å²) < 4.78 is 15.5. The zero-order valence-corrected chi connectivity index (χ0v) is 15.7. The summed E-state index contributed by atoms with van der Waals surface area (Å²) in [7, 11) is 3.39. The van der Waals surface area contributed by atoms with Gasteiger partial charge < -0.3 is 26.5 Å². The summed E-state index contributed by atoms with van der Waals surface area (Å²) in [5.74, 6) is 3.88. The normalized spacial score (nSPS) is 13.5. The first-order chi connectivity index (χ1) is 10.7. The zero-order chi connectivity index (χ0) is 15.5. The lowest BCUT2D eigenvalue weighted by Gasteiger charge is -2.08. The predicted molar refractivity (Wildman–Crippen MR) is 85.5 cm³/mol. The largest absolute Gasteiger partial charge is 1.00 e. The Balaban J connectivity index is 0.00000192. The Morgan fingerprint density at radius 3 is 2.30 bits per heavy atom. The van der Waals surface area contributed by atoms with E-state index in [4.69, 9.17) is 9.47 Å². The highest BCUT2D eigenvalue weighted by Gasteiger charge is 2.35. The van der Waals surface area contributed by atoms with Crippen molar-refractivity contribution in [3.63, 3.8) is 0 Å². The summed E-state index contributed by atoms with van der Waals surface area (Å²) in [4.78, 5) is 0. The van der Waals surface area contributed by atoms with Crippen LogP contribution in [0.25, 0.3) is 0 Å². The summed E-state index contributed by atoms with van der Waals surface area (Å²) in [6.07, 6.45) is 8.22. The number of hydrogen-bond donors (Lipinski definition) is 0. The van der Waals surface area contributed by atoms with Crippen LogP contribution in [0.3, 0.4) is 0 Å². The second-order valence-corrected chi connectivity index (χ2v) is 5.97. The Morgan fingerprint density at radius 1 is 1.13 bits per heavy atom. The lowest BCUT2D eigenvalue weighted by molar-refractivity contribution is -0.695. The van der Waals surface area contributed by atoms with Crippen molar-refractivity contribution in [1.82, 2.24) is 4.57 Å². The third-order valence-electron chi connectivity index (χ3n) is 4.19. The molecular weight excluding hydrogens is 356 g/mol. The topological polar surface area (TPSA) is 27.3 Å². The molecule has 1 saturated carbocycles. The molecule has 3 rings (SSSR count). The summed E-state index contributed by atoms with van der Waals surface area (Å²) in [6, 6.07) is 6.09. The molecule has 0 N–H and O–H groups in total. The van der Waals surface area contributed by atoms with Crippen molar-refractivity contribution < 1.29 is 31.0 Å². The SMILES string of the molecule is CCCn1cc[n+](Cc2cc(OC)cc(OC)c2)c1C1CC1.[Br-]. The molecule has 1 fully saturated rings. The van der Waals surface area contributed by atoms with Crippen LogP contribution < -0.4 is 31.0 Å². The quantitative estimate of drug-likeness (QED) is 0.638. The van der Waals surface area contributed by atoms with Crippen LogP contribution in [0.5, 0.6) is 11.5 Å². The molecule has 2 aromatic rings. The number of methoxy groups -OCH3 is 2. The van der Waals surface area contributed by atoms with Crippen LogP contribution in [-0.2, 0) is 13.1 Å². The van der Waals surface area contributed by atoms with Gasteiger partial charge in [-0.05, 0) is 31.4 Å². The van der Waals surface area contributed by atoms with Crippen molar-refractivity contribution >= 4 is 0 Å². The summed E-state index contributed by atoms with van der Waals surface area (Å²) in [6.45, 7) is 4.18. The fourth-order valence-corrected chi connectivity index (χ4v) is 3.01. The van der Waals surface area contributed by atoms with Gasteiger partial charge in [0, 0.05) is 11.6 Å². The molecule has 0 atom stereocenters. The fourth-order valence-electron chi connectivity index (χ4n) is 3.01. The Morgan fingerprint density at radius 2 is 1.78 bits per heavy atom. The van der Waals surface area contributed by atoms with E-state index >= 15 is 0 Å². The second kappa shape index (κ2) is 7.86. The van der Waals surface area contributed by atoms with E-state index in [1.165, 1.54) is 30.7 Å². The van der Waals surface area contributed by atoms with Crippen molar-refractivity contribution in [2.45, 2.75) is 45.2 Å². The molecule has 1 aromatic heterocycles. The average Bonchev–Trinajstić information content (AvgIpc) is 3.30. The maximum atomic E-state index is 5.37. The first kappa shape index (κ1) is 17.9. The third-order valence-corrected chi connectivity index (χ3v) is 4.19.